The molecule has 0 saturated carbocycles. The Balaban J connectivity index is 1.61. The maximum Gasteiger partial charge on any atom is 0.343 e. The van der Waals surface area contributed by atoms with Gasteiger partial charge in [0.2, 0.25) is 0 Å². The Bertz CT molecular complexity index is 1050. The minimum atomic E-state index is -0.523. The number of amides is 1. The van der Waals surface area contributed by atoms with E-state index in [-0.39, 0.29) is 19.1 Å². The number of carbonyl (C=O) groups excluding carboxylic acids is 2. The first-order valence-corrected chi connectivity index (χ1v) is 9.25. The molecule has 10 nitrogen and oxygen atoms in total. The van der Waals surface area contributed by atoms with Crippen LogP contribution in [0.25, 0.3) is 11.4 Å². The summed E-state index contributed by atoms with van der Waals surface area (Å²) in [5.41, 5.74) is 1.18. The minimum absolute atomic E-state index is 0.158. The lowest BCUT2D eigenvalue weighted by Crippen LogP contribution is -2.23. The number of esters is 1. The fraction of sp³-hybridized carbons (Fsp3) is 0.238. The summed E-state index contributed by atoms with van der Waals surface area (Å²) in [4.78, 5) is 28.1. The zero-order valence-electron chi connectivity index (χ0n) is 17.3. The molecule has 0 atom stereocenters. The van der Waals surface area contributed by atoms with Gasteiger partial charge in [-0.3, -0.25) is 9.89 Å². The number of ether oxygens (including phenoxy) is 4. The molecular formula is C21H22N4O6. The highest BCUT2D eigenvalue weighted by Crippen LogP contribution is 2.28. The zero-order chi connectivity index (χ0) is 22.2. The van der Waals surface area contributed by atoms with Gasteiger partial charge >= 0.3 is 5.97 Å². The van der Waals surface area contributed by atoms with E-state index < -0.39 is 5.97 Å². The third kappa shape index (κ3) is 5.50. The molecule has 1 heterocycles. The first kappa shape index (κ1) is 21.6. The Hall–Kier alpha value is -4.08. The molecule has 3 rings (SSSR count). The van der Waals surface area contributed by atoms with Crippen molar-refractivity contribution >= 4 is 11.9 Å². The van der Waals surface area contributed by atoms with Crippen LogP contribution in [-0.4, -0.2) is 55.0 Å². The van der Waals surface area contributed by atoms with Gasteiger partial charge in [-0.25, -0.2) is 9.78 Å². The van der Waals surface area contributed by atoms with E-state index in [0.29, 0.717) is 28.7 Å². The molecule has 0 saturated heterocycles. The lowest BCUT2D eigenvalue weighted by Gasteiger charge is -2.11. The quantitative estimate of drug-likeness (QED) is 0.498. The number of aromatic amines is 1. The molecule has 0 bridgehead atoms. The SMILES string of the molecule is COC(=O)COc1ccc(C(=O)NCc2nc(-c3ccc(OC)cc3)n[nH]2)cc1OC. The van der Waals surface area contributed by atoms with E-state index in [4.69, 9.17) is 14.2 Å². The number of methoxy groups -OCH3 is 3. The number of nitrogens with zero attached hydrogens (tertiary/aromatic N) is 2. The molecule has 0 fully saturated rings. The predicted octanol–water partition coefficient (Wildman–Crippen LogP) is 1.97. The summed E-state index contributed by atoms with van der Waals surface area (Å²) in [6, 6.07) is 12.0. The molecule has 0 aliphatic rings. The molecule has 1 amide bonds. The number of aromatic nitrogens is 3. The first-order chi connectivity index (χ1) is 15.0. The molecule has 0 aliphatic carbocycles. The number of rotatable bonds is 9. The number of nitrogens with one attached hydrogen (secondary N) is 2. The number of H-pyrrole nitrogens is 1. The van der Waals surface area contributed by atoms with E-state index in [0.717, 1.165) is 11.3 Å². The van der Waals surface area contributed by atoms with Gasteiger partial charge in [-0.2, -0.15) is 5.10 Å². The number of hydrogen-bond acceptors (Lipinski definition) is 8. The Kier molecular flexibility index (Phi) is 7.05. The summed E-state index contributed by atoms with van der Waals surface area (Å²) in [6.07, 6.45) is 0. The Morgan fingerprint density at radius 1 is 1.00 bits per heavy atom. The topological polar surface area (TPSA) is 125 Å². The van der Waals surface area contributed by atoms with Gasteiger partial charge in [-0.1, -0.05) is 0 Å². The largest absolute Gasteiger partial charge is 0.497 e. The Labute approximate surface area is 178 Å². The van der Waals surface area contributed by atoms with Crippen molar-refractivity contribution in [2.45, 2.75) is 6.54 Å². The monoisotopic (exact) mass is 426 g/mol. The third-order valence-corrected chi connectivity index (χ3v) is 4.30. The van der Waals surface area contributed by atoms with E-state index in [2.05, 4.69) is 25.2 Å². The third-order valence-electron chi connectivity index (χ3n) is 4.30. The summed E-state index contributed by atoms with van der Waals surface area (Å²) in [7, 11) is 4.31. The van der Waals surface area contributed by atoms with Gasteiger partial charge in [0.1, 0.15) is 11.6 Å². The molecule has 3 aromatic rings. The number of carbonyl (C=O) groups is 2. The molecule has 2 N–H and O–H groups in total. The van der Waals surface area contributed by atoms with Gasteiger partial charge in [-0.05, 0) is 42.5 Å². The second kappa shape index (κ2) is 10.1. The zero-order valence-corrected chi connectivity index (χ0v) is 17.3. The fourth-order valence-corrected chi connectivity index (χ4v) is 2.63. The average molecular weight is 426 g/mol. The van der Waals surface area contributed by atoms with Gasteiger partial charge in [0, 0.05) is 11.1 Å². The van der Waals surface area contributed by atoms with Crippen LogP contribution in [0.3, 0.4) is 0 Å². The minimum Gasteiger partial charge on any atom is -0.497 e. The van der Waals surface area contributed by atoms with E-state index in [1.807, 2.05) is 24.3 Å². The van der Waals surface area contributed by atoms with Gasteiger partial charge < -0.3 is 24.3 Å². The molecule has 0 unspecified atom stereocenters. The highest BCUT2D eigenvalue weighted by atomic mass is 16.6. The molecule has 31 heavy (non-hydrogen) atoms. The highest BCUT2D eigenvalue weighted by molar-refractivity contribution is 5.94. The maximum atomic E-state index is 12.5. The number of benzene rings is 2. The van der Waals surface area contributed by atoms with Crippen molar-refractivity contribution in [2.24, 2.45) is 0 Å². The summed E-state index contributed by atoms with van der Waals surface area (Å²) < 4.78 is 20.3. The van der Waals surface area contributed by atoms with Crippen molar-refractivity contribution in [3.63, 3.8) is 0 Å². The molecule has 1 aromatic heterocycles. The van der Waals surface area contributed by atoms with Crippen molar-refractivity contribution in [1.29, 1.82) is 0 Å². The molecular weight excluding hydrogens is 404 g/mol. The van der Waals surface area contributed by atoms with Gasteiger partial charge in [0.25, 0.3) is 5.91 Å². The van der Waals surface area contributed by atoms with Crippen molar-refractivity contribution in [3.05, 3.63) is 53.9 Å². The predicted molar refractivity (Wildman–Crippen MR) is 110 cm³/mol. The Morgan fingerprint density at radius 2 is 1.77 bits per heavy atom. The molecule has 10 heteroatoms. The standard InChI is InChI=1S/C21H22N4O6/c1-28-15-7-4-13(5-8-15)20-23-18(24-25-20)11-22-21(27)14-6-9-16(17(10-14)29-2)31-12-19(26)30-3/h4-10H,11-12H2,1-3H3,(H,22,27)(H,23,24,25). The van der Waals surface area contributed by atoms with Crippen LogP contribution < -0.4 is 19.5 Å². The second-order valence-corrected chi connectivity index (χ2v) is 6.25. The van der Waals surface area contributed by atoms with Crippen molar-refractivity contribution in [1.82, 2.24) is 20.5 Å². The summed E-state index contributed by atoms with van der Waals surface area (Å²) in [5.74, 6) is 1.54. The average Bonchev–Trinajstić information content (AvgIpc) is 3.29. The normalized spacial score (nSPS) is 10.3. The van der Waals surface area contributed by atoms with E-state index in [1.165, 1.54) is 20.3 Å². The van der Waals surface area contributed by atoms with Crippen LogP contribution >= 0.6 is 0 Å². The Morgan fingerprint density at radius 3 is 2.45 bits per heavy atom. The van der Waals surface area contributed by atoms with Crippen molar-refractivity contribution in [2.75, 3.05) is 27.9 Å². The molecule has 0 aliphatic heterocycles. The van der Waals surface area contributed by atoms with E-state index in [9.17, 15) is 9.59 Å². The van der Waals surface area contributed by atoms with Crippen molar-refractivity contribution < 1.29 is 28.5 Å². The molecule has 2 aromatic carbocycles. The number of hydrogen-bond donors (Lipinski definition) is 2. The van der Waals surface area contributed by atoms with Crippen LogP contribution in [0.15, 0.2) is 42.5 Å². The van der Waals surface area contributed by atoms with Crippen LogP contribution in [0.2, 0.25) is 0 Å². The molecule has 0 spiro atoms. The highest BCUT2D eigenvalue weighted by Gasteiger charge is 2.14. The lowest BCUT2D eigenvalue weighted by atomic mass is 10.2. The van der Waals surface area contributed by atoms with Gasteiger partial charge in [0.05, 0.1) is 27.9 Å². The van der Waals surface area contributed by atoms with Gasteiger partial charge in [0.15, 0.2) is 23.9 Å². The fourth-order valence-electron chi connectivity index (χ4n) is 2.63. The van der Waals surface area contributed by atoms with E-state index in [1.54, 1.807) is 19.2 Å². The van der Waals surface area contributed by atoms with Crippen molar-refractivity contribution in [3.8, 4) is 28.6 Å². The first-order valence-electron chi connectivity index (χ1n) is 9.25. The van der Waals surface area contributed by atoms with Crippen LogP contribution in [0.4, 0.5) is 0 Å². The van der Waals surface area contributed by atoms with E-state index >= 15 is 0 Å². The summed E-state index contributed by atoms with van der Waals surface area (Å²) in [5, 5.41) is 9.74. The molecule has 162 valence electrons. The maximum absolute atomic E-state index is 12.5. The van der Waals surface area contributed by atoms with Crippen LogP contribution in [0, 0.1) is 0 Å². The summed E-state index contributed by atoms with van der Waals surface area (Å²) in [6.45, 7) is -0.106. The molecule has 0 radical (unpaired) electrons. The van der Waals surface area contributed by atoms with Crippen LogP contribution in [-0.2, 0) is 16.1 Å². The van der Waals surface area contributed by atoms with Gasteiger partial charge in [-0.15, -0.1) is 0 Å². The van der Waals surface area contributed by atoms with Crippen LogP contribution in [0.1, 0.15) is 16.2 Å². The second-order valence-electron chi connectivity index (χ2n) is 6.25. The summed E-state index contributed by atoms with van der Waals surface area (Å²) >= 11 is 0. The van der Waals surface area contributed by atoms with Crippen LogP contribution in [0.5, 0.6) is 17.2 Å². The lowest BCUT2D eigenvalue weighted by molar-refractivity contribution is -0.142. The smallest absolute Gasteiger partial charge is 0.343 e.